The highest BCUT2D eigenvalue weighted by molar-refractivity contribution is 7.83. The summed E-state index contributed by atoms with van der Waals surface area (Å²) in [5.74, 6) is 0. The topological polar surface area (TPSA) is 43.4 Å². The van der Waals surface area contributed by atoms with E-state index in [0.29, 0.717) is 10.9 Å². The highest BCUT2D eigenvalue weighted by atomic mass is 31.2. The molecule has 0 fully saturated rings. The zero-order valence-electron chi connectivity index (χ0n) is 12.4. The fourth-order valence-electron chi connectivity index (χ4n) is 2.01. The first kappa shape index (κ1) is 15.7. The highest BCUT2D eigenvalue weighted by Crippen LogP contribution is 2.50. The normalized spacial score (nSPS) is 13.9. The van der Waals surface area contributed by atoms with Crippen molar-refractivity contribution in [1.29, 1.82) is 0 Å². The Bertz CT molecular complexity index is 660. The summed E-state index contributed by atoms with van der Waals surface area (Å²) in [6.07, 6.45) is -0.301. The maximum Gasteiger partial charge on any atom is 0.301 e. The molecule has 4 heteroatoms. The van der Waals surface area contributed by atoms with Gasteiger partial charge in [-0.25, -0.2) is 0 Å². The van der Waals surface area contributed by atoms with E-state index in [1.807, 2.05) is 25.1 Å². The molecule has 1 atom stereocenters. The molecule has 0 spiro atoms. The van der Waals surface area contributed by atoms with Crippen molar-refractivity contribution < 1.29 is 13.9 Å². The number of aryl methyl sites for hydroxylation is 1. The van der Waals surface area contributed by atoms with E-state index in [9.17, 15) is 9.36 Å². The van der Waals surface area contributed by atoms with E-state index in [-0.39, 0.29) is 6.10 Å². The third kappa shape index (κ3) is 3.49. The van der Waals surface area contributed by atoms with E-state index < -0.39 is 12.9 Å². The van der Waals surface area contributed by atoms with Gasteiger partial charge in [0, 0.05) is 10.9 Å². The van der Waals surface area contributed by atoms with Gasteiger partial charge in [0.25, 0.3) is 5.52 Å². The van der Waals surface area contributed by atoms with Crippen LogP contribution < -0.4 is 5.30 Å². The summed E-state index contributed by atoms with van der Waals surface area (Å²) >= 11 is 0. The van der Waals surface area contributed by atoms with Crippen LogP contribution in [0.15, 0.2) is 54.6 Å². The molecular formula is C17H19O3P. The van der Waals surface area contributed by atoms with Crippen LogP contribution in [0.1, 0.15) is 29.8 Å². The fraction of sp³-hybridized carbons (Fsp3) is 0.235. The molecule has 21 heavy (non-hydrogen) atoms. The molecule has 0 radical (unpaired) electrons. The maximum absolute atomic E-state index is 13.2. The molecule has 110 valence electrons. The molecule has 0 aliphatic rings. The van der Waals surface area contributed by atoms with Gasteiger partial charge in [-0.2, -0.15) is 0 Å². The van der Waals surface area contributed by atoms with E-state index in [2.05, 4.69) is 0 Å². The van der Waals surface area contributed by atoms with Crippen LogP contribution in [0.5, 0.6) is 0 Å². The summed E-state index contributed by atoms with van der Waals surface area (Å²) in [4.78, 5) is 12.7. The Labute approximate surface area is 125 Å². The van der Waals surface area contributed by atoms with Crippen molar-refractivity contribution in [2.45, 2.75) is 26.9 Å². The number of carbonyl (C=O) groups excluding carboxylic acids is 1. The lowest BCUT2D eigenvalue weighted by atomic mass is 10.2. The standard InChI is InChI=1S/C17H19O3P/c1-13(2)20-21(19,16-7-5-4-6-8-16)17(18)15-11-9-14(3)10-12-15/h4-13H,1-3H3. The molecule has 2 aromatic carbocycles. The minimum absolute atomic E-state index is 0.301. The lowest BCUT2D eigenvalue weighted by Crippen LogP contribution is -2.18. The van der Waals surface area contributed by atoms with E-state index >= 15 is 0 Å². The minimum atomic E-state index is -3.59. The van der Waals surface area contributed by atoms with Gasteiger partial charge >= 0.3 is 7.37 Å². The minimum Gasteiger partial charge on any atom is -0.317 e. The lowest BCUT2D eigenvalue weighted by molar-refractivity contribution is 0.104. The van der Waals surface area contributed by atoms with Gasteiger partial charge in [0.2, 0.25) is 0 Å². The summed E-state index contributed by atoms with van der Waals surface area (Å²) in [5.41, 5.74) is 1.00. The number of rotatable bonds is 5. The summed E-state index contributed by atoms with van der Waals surface area (Å²) in [6, 6.07) is 15.7. The predicted molar refractivity (Wildman–Crippen MR) is 85.4 cm³/mol. The van der Waals surface area contributed by atoms with E-state index in [1.54, 1.807) is 50.2 Å². The molecule has 0 amide bonds. The monoisotopic (exact) mass is 302 g/mol. The smallest absolute Gasteiger partial charge is 0.301 e. The molecule has 0 aromatic heterocycles. The molecule has 3 nitrogen and oxygen atoms in total. The Morgan fingerprint density at radius 3 is 2.10 bits per heavy atom. The van der Waals surface area contributed by atoms with Crippen LogP contribution in [0.3, 0.4) is 0 Å². The van der Waals surface area contributed by atoms with Gasteiger partial charge in [0.15, 0.2) is 0 Å². The van der Waals surface area contributed by atoms with Gasteiger partial charge in [-0.05, 0) is 32.9 Å². The Kier molecular flexibility index (Phi) is 4.76. The van der Waals surface area contributed by atoms with Crippen LogP contribution in [0.2, 0.25) is 0 Å². The lowest BCUT2D eigenvalue weighted by Gasteiger charge is -2.20. The van der Waals surface area contributed by atoms with Crippen LogP contribution in [0, 0.1) is 6.92 Å². The number of carbonyl (C=O) groups is 1. The molecular weight excluding hydrogens is 283 g/mol. The average molecular weight is 302 g/mol. The van der Waals surface area contributed by atoms with E-state index in [0.717, 1.165) is 5.56 Å². The SMILES string of the molecule is Cc1ccc(C(=O)P(=O)(OC(C)C)c2ccccc2)cc1. The molecule has 2 aromatic rings. The molecule has 0 aliphatic heterocycles. The van der Waals surface area contributed by atoms with Gasteiger partial charge in [0.1, 0.15) is 0 Å². The molecule has 1 unspecified atom stereocenters. The summed E-state index contributed by atoms with van der Waals surface area (Å²) in [7, 11) is -3.59. The quantitative estimate of drug-likeness (QED) is 0.779. The summed E-state index contributed by atoms with van der Waals surface area (Å²) in [5, 5.41) is 0.435. The predicted octanol–water partition coefficient (Wildman–Crippen LogP) is 4.16. The third-order valence-corrected chi connectivity index (χ3v) is 5.51. The van der Waals surface area contributed by atoms with E-state index in [4.69, 9.17) is 4.52 Å². The zero-order chi connectivity index (χ0) is 15.5. The number of hydrogen-bond acceptors (Lipinski definition) is 3. The van der Waals surface area contributed by atoms with Gasteiger partial charge in [-0.15, -0.1) is 0 Å². The van der Waals surface area contributed by atoms with Crippen molar-refractivity contribution in [2.75, 3.05) is 0 Å². The second kappa shape index (κ2) is 6.38. The fourth-order valence-corrected chi connectivity index (χ4v) is 4.11. The van der Waals surface area contributed by atoms with Crippen LogP contribution in [-0.4, -0.2) is 11.6 Å². The summed E-state index contributed by atoms with van der Waals surface area (Å²) < 4.78 is 18.8. The molecule has 0 bridgehead atoms. The molecule has 2 rings (SSSR count). The summed E-state index contributed by atoms with van der Waals surface area (Å²) in [6.45, 7) is 5.49. The Morgan fingerprint density at radius 1 is 1.00 bits per heavy atom. The third-order valence-electron chi connectivity index (χ3n) is 3.02. The first-order valence-corrected chi connectivity index (χ1v) is 8.51. The van der Waals surface area contributed by atoms with Crippen LogP contribution >= 0.6 is 7.37 Å². The van der Waals surface area contributed by atoms with Crippen molar-refractivity contribution in [2.24, 2.45) is 0 Å². The molecule has 0 heterocycles. The van der Waals surface area contributed by atoms with Crippen molar-refractivity contribution >= 4 is 18.2 Å². The molecule has 0 N–H and O–H groups in total. The Hall–Kier alpha value is -1.70. The van der Waals surface area contributed by atoms with Crippen molar-refractivity contribution in [3.8, 4) is 0 Å². The molecule has 0 aliphatic carbocycles. The second-order valence-electron chi connectivity index (χ2n) is 5.21. The number of hydrogen-bond donors (Lipinski definition) is 0. The molecule has 0 saturated heterocycles. The highest BCUT2D eigenvalue weighted by Gasteiger charge is 2.36. The van der Waals surface area contributed by atoms with Gasteiger partial charge in [-0.3, -0.25) is 9.36 Å². The Morgan fingerprint density at radius 2 is 1.57 bits per heavy atom. The molecule has 0 saturated carbocycles. The largest absolute Gasteiger partial charge is 0.317 e. The Balaban J connectivity index is 2.48. The van der Waals surface area contributed by atoms with Crippen LogP contribution in [-0.2, 0) is 9.09 Å². The van der Waals surface area contributed by atoms with Crippen molar-refractivity contribution in [3.63, 3.8) is 0 Å². The first-order valence-electron chi connectivity index (χ1n) is 6.89. The van der Waals surface area contributed by atoms with Gasteiger partial charge in [0.05, 0.1) is 6.10 Å². The average Bonchev–Trinajstić information content (AvgIpc) is 2.47. The van der Waals surface area contributed by atoms with Crippen LogP contribution in [0.25, 0.3) is 0 Å². The van der Waals surface area contributed by atoms with Gasteiger partial charge < -0.3 is 4.52 Å². The van der Waals surface area contributed by atoms with Gasteiger partial charge in [-0.1, -0.05) is 48.0 Å². The first-order chi connectivity index (χ1) is 9.93. The van der Waals surface area contributed by atoms with E-state index in [1.165, 1.54) is 0 Å². The zero-order valence-corrected chi connectivity index (χ0v) is 13.3. The maximum atomic E-state index is 13.2. The van der Waals surface area contributed by atoms with Crippen molar-refractivity contribution in [3.05, 3.63) is 65.7 Å². The van der Waals surface area contributed by atoms with Crippen LogP contribution in [0.4, 0.5) is 0 Å². The van der Waals surface area contributed by atoms with Crippen molar-refractivity contribution in [1.82, 2.24) is 0 Å². The number of benzene rings is 2. The second-order valence-corrected chi connectivity index (χ2v) is 7.45.